The predicted octanol–water partition coefficient (Wildman–Crippen LogP) is 6.65. The lowest BCUT2D eigenvalue weighted by Crippen LogP contribution is -2.57. The van der Waals surface area contributed by atoms with Crippen molar-refractivity contribution in [1.29, 1.82) is 0 Å². The first-order valence-corrected chi connectivity index (χ1v) is 15.2. The molecule has 1 saturated heterocycles. The van der Waals surface area contributed by atoms with Gasteiger partial charge in [0.25, 0.3) is 5.91 Å². The van der Waals surface area contributed by atoms with Crippen molar-refractivity contribution in [2.24, 2.45) is 0 Å². The molecule has 0 radical (unpaired) electrons. The summed E-state index contributed by atoms with van der Waals surface area (Å²) in [5, 5.41) is 1.23. The molecule has 1 aliphatic heterocycles. The van der Waals surface area contributed by atoms with Crippen molar-refractivity contribution in [2.75, 3.05) is 24.5 Å². The van der Waals surface area contributed by atoms with E-state index < -0.39 is 0 Å². The molecule has 2 fully saturated rings. The number of aromatic amines is 2. The number of amides is 1. The van der Waals surface area contributed by atoms with Gasteiger partial charge in [0, 0.05) is 64.9 Å². The standard InChI is InChI=1S/C33H31N7OS/c1-19-12-24(13-20(2)37-19)30-21(3)25-6-4-22(14-26(25)38-30)23-5-7-29(34-16-23)39-10-11-40(33(17-39)8-9-33)32(41)28-15-27-31(42-28)36-18-35-27/h4-7,12-16,18,38H,8-11,17H2,1-3H3,(H,35,36). The average Bonchev–Trinajstić information content (AvgIpc) is 3.29. The summed E-state index contributed by atoms with van der Waals surface area (Å²) in [5.74, 6) is 1.09. The van der Waals surface area contributed by atoms with Gasteiger partial charge in [0.2, 0.25) is 0 Å². The van der Waals surface area contributed by atoms with E-state index in [2.05, 4.69) is 79.1 Å². The van der Waals surface area contributed by atoms with E-state index in [9.17, 15) is 4.79 Å². The summed E-state index contributed by atoms with van der Waals surface area (Å²) in [5.41, 5.74) is 9.77. The van der Waals surface area contributed by atoms with E-state index in [1.165, 1.54) is 27.8 Å². The maximum atomic E-state index is 13.4. The van der Waals surface area contributed by atoms with Crippen molar-refractivity contribution in [3.05, 3.63) is 82.9 Å². The third-order valence-electron chi connectivity index (χ3n) is 8.88. The number of pyridine rings is 2. The highest BCUT2D eigenvalue weighted by Crippen LogP contribution is 2.46. The molecule has 1 amide bonds. The maximum absolute atomic E-state index is 13.4. The molecule has 0 atom stereocenters. The molecule has 6 aromatic rings. The van der Waals surface area contributed by atoms with Gasteiger partial charge < -0.3 is 19.8 Å². The molecule has 1 aliphatic carbocycles. The molecular weight excluding hydrogens is 542 g/mol. The zero-order valence-electron chi connectivity index (χ0n) is 23.9. The Morgan fingerprint density at radius 2 is 1.71 bits per heavy atom. The van der Waals surface area contributed by atoms with Crippen molar-refractivity contribution in [1.82, 2.24) is 29.8 Å². The van der Waals surface area contributed by atoms with Crippen molar-refractivity contribution in [3.63, 3.8) is 0 Å². The van der Waals surface area contributed by atoms with Crippen LogP contribution >= 0.6 is 11.3 Å². The Labute approximate surface area is 247 Å². The highest BCUT2D eigenvalue weighted by molar-refractivity contribution is 7.20. The lowest BCUT2D eigenvalue weighted by Gasteiger charge is -2.42. The van der Waals surface area contributed by atoms with Gasteiger partial charge in [-0.05, 0) is 81.1 Å². The second-order valence-electron chi connectivity index (χ2n) is 11.8. The quantitative estimate of drug-likeness (QED) is 0.246. The van der Waals surface area contributed by atoms with E-state index in [0.717, 1.165) is 80.7 Å². The SMILES string of the molecule is Cc1cc(-c2[nH]c3cc(-c4ccc(N5CCN(C(=O)c6cc7[nH]cnc7s6)C6(CC6)C5)nc4)ccc3c2C)cc(C)n1. The molecule has 2 aliphatic rings. The molecule has 1 aromatic carbocycles. The molecule has 0 bridgehead atoms. The number of hydrogen-bond acceptors (Lipinski definition) is 6. The second-order valence-corrected chi connectivity index (χ2v) is 12.8. The first kappa shape index (κ1) is 25.2. The molecule has 0 unspecified atom stereocenters. The Morgan fingerprint density at radius 1 is 0.905 bits per heavy atom. The van der Waals surface area contributed by atoms with Gasteiger partial charge in [-0.2, -0.15) is 0 Å². The van der Waals surface area contributed by atoms with Gasteiger partial charge in [-0.1, -0.05) is 12.1 Å². The highest BCUT2D eigenvalue weighted by Gasteiger charge is 2.53. The van der Waals surface area contributed by atoms with Crippen LogP contribution in [0.2, 0.25) is 0 Å². The van der Waals surface area contributed by atoms with E-state index >= 15 is 0 Å². The number of benzene rings is 1. The van der Waals surface area contributed by atoms with E-state index in [1.54, 1.807) is 6.33 Å². The smallest absolute Gasteiger partial charge is 0.264 e. The van der Waals surface area contributed by atoms with Crippen LogP contribution in [0.1, 0.15) is 39.5 Å². The predicted molar refractivity (Wildman–Crippen MR) is 168 cm³/mol. The van der Waals surface area contributed by atoms with Crippen LogP contribution in [-0.4, -0.2) is 60.9 Å². The monoisotopic (exact) mass is 573 g/mol. The molecule has 5 aromatic heterocycles. The van der Waals surface area contributed by atoms with Gasteiger partial charge in [0.05, 0.1) is 22.3 Å². The summed E-state index contributed by atoms with van der Waals surface area (Å²) in [6, 6.07) is 17.1. The molecule has 210 valence electrons. The normalized spacial score (nSPS) is 16.2. The second kappa shape index (κ2) is 9.25. The Morgan fingerprint density at radius 3 is 2.45 bits per heavy atom. The highest BCUT2D eigenvalue weighted by atomic mass is 32.1. The van der Waals surface area contributed by atoms with E-state index in [4.69, 9.17) is 4.98 Å². The topological polar surface area (TPSA) is 93.8 Å². The van der Waals surface area contributed by atoms with Crippen LogP contribution in [0.5, 0.6) is 0 Å². The number of imidazole rings is 1. The van der Waals surface area contributed by atoms with Gasteiger partial charge >= 0.3 is 0 Å². The largest absolute Gasteiger partial charge is 0.354 e. The number of carbonyl (C=O) groups is 1. The lowest BCUT2D eigenvalue weighted by molar-refractivity contribution is 0.0629. The van der Waals surface area contributed by atoms with Crippen LogP contribution in [0.4, 0.5) is 5.82 Å². The fourth-order valence-electron chi connectivity index (χ4n) is 6.57. The first-order chi connectivity index (χ1) is 20.4. The number of thiophene rings is 1. The number of fused-ring (bicyclic) bond motifs is 2. The minimum absolute atomic E-state index is 0.0963. The third kappa shape index (κ3) is 4.10. The van der Waals surface area contributed by atoms with Gasteiger partial charge in [-0.15, -0.1) is 11.3 Å². The number of aryl methyl sites for hydroxylation is 3. The summed E-state index contributed by atoms with van der Waals surface area (Å²) in [7, 11) is 0. The summed E-state index contributed by atoms with van der Waals surface area (Å²) in [4.78, 5) is 40.0. The van der Waals surface area contributed by atoms with Crippen LogP contribution in [0.15, 0.2) is 61.1 Å². The summed E-state index contributed by atoms with van der Waals surface area (Å²) in [6.07, 6.45) is 5.71. The van der Waals surface area contributed by atoms with Crippen molar-refractivity contribution >= 4 is 44.3 Å². The Kier molecular flexibility index (Phi) is 5.56. The third-order valence-corrected chi connectivity index (χ3v) is 9.91. The van der Waals surface area contributed by atoms with Gasteiger partial charge in [0.1, 0.15) is 10.6 Å². The molecule has 2 N–H and O–H groups in total. The number of nitrogens with one attached hydrogen (secondary N) is 2. The van der Waals surface area contributed by atoms with Crippen LogP contribution in [0.3, 0.4) is 0 Å². The van der Waals surface area contributed by atoms with Crippen LogP contribution < -0.4 is 4.90 Å². The number of carbonyl (C=O) groups excluding carboxylic acids is 1. The number of aromatic nitrogens is 5. The number of H-pyrrole nitrogens is 2. The van der Waals surface area contributed by atoms with Crippen LogP contribution in [0.25, 0.3) is 43.6 Å². The van der Waals surface area contributed by atoms with E-state index in [1.807, 2.05) is 26.1 Å². The van der Waals surface area contributed by atoms with E-state index in [-0.39, 0.29) is 11.4 Å². The average molecular weight is 574 g/mol. The van der Waals surface area contributed by atoms with Gasteiger partial charge in [-0.3, -0.25) is 9.78 Å². The number of piperazine rings is 1. The number of hydrogen-bond donors (Lipinski definition) is 2. The summed E-state index contributed by atoms with van der Waals surface area (Å²) < 4.78 is 0. The molecule has 8 nitrogen and oxygen atoms in total. The van der Waals surface area contributed by atoms with Crippen LogP contribution in [0, 0.1) is 20.8 Å². The molecule has 42 heavy (non-hydrogen) atoms. The van der Waals surface area contributed by atoms with Crippen LogP contribution in [-0.2, 0) is 0 Å². The minimum Gasteiger partial charge on any atom is -0.354 e. The van der Waals surface area contributed by atoms with Crippen molar-refractivity contribution < 1.29 is 4.79 Å². The fourth-order valence-corrected chi connectivity index (χ4v) is 7.49. The summed E-state index contributed by atoms with van der Waals surface area (Å²) in [6.45, 7) is 8.53. The van der Waals surface area contributed by atoms with E-state index in [0.29, 0.717) is 6.54 Å². The number of nitrogens with zero attached hydrogens (tertiary/aromatic N) is 5. The molecule has 1 saturated carbocycles. The molecule has 9 heteroatoms. The number of anilines is 1. The van der Waals surface area contributed by atoms with Gasteiger partial charge in [0.15, 0.2) is 0 Å². The summed E-state index contributed by atoms with van der Waals surface area (Å²) >= 11 is 1.47. The molecule has 1 spiro atoms. The van der Waals surface area contributed by atoms with Crippen molar-refractivity contribution in [2.45, 2.75) is 39.2 Å². The fraction of sp³-hybridized carbons (Fsp3) is 0.273. The first-order valence-electron chi connectivity index (χ1n) is 14.4. The molecule has 8 rings (SSSR count). The Bertz CT molecular complexity index is 1950. The van der Waals surface area contributed by atoms with Crippen molar-refractivity contribution in [3.8, 4) is 22.4 Å². The van der Waals surface area contributed by atoms with Gasteiger partial charge in [-0.25, -0.2) is 9.97 Å². The molecular formula is C33H31N7OS. The number of rotatable bonds is 4. The zero-order valence-corrected chi connectivity index (χ0v) is 24.7. The Balaban J connectivity index is 1.01. The maximum Gasteiger partial charge on any atom is 0.264 e. The zero-order chi connectivity index (χ0) is 28.6. The minimum atomic E-state index is -0.0963. The molecule has 6 heterocycles. The Hall–Kier alpha value is -4.50. The lowest BCUT2D eigenvalue weighted by atomic mass is 10.0.